The van der Waals surface area contributed by atoms with Crippen molar-refractivity contribution in [2.45, 2.75) is 39.2 Å². The summed E-state index contributed by atoms with van der Waals surface area (Å²) in [4.78, 5) is 16.3. The highest BCUT2D eigenvalue weighted by Crippen LogP contribution is 2.24. The summed E-state index contributed by atoms with van der Waals surface area (Å²) in [6.07, 6.45) is 4.11. The first-order chi connectivity index (χ1) is 11.5. The van der Waals surface area contributed by atoms with Crippen LogP contribution in [0.4, 0.5) is 10.5 Å². The molecular weight excluding hydrogens is 306 g/mol. The third kappa shape index (κ3) is 3.73. The van der Waals surface area contributed by atoms with Gasteiger partial charge in [-0.2, -0.15) is 5.10 Å². The monoisotopic (exact) mass is 329 g/mol. The Morgan fingerprint density at radius 1 is 1.38 bits per heavy atom. The van der Waals surface area contributed by atoms with E-state index in [9.17, 15) is 9.90 Å². The fourth-order valence-corrected chi connectivity index (χ4v) is 3.10. The number of aromatic nitrogens is 3. The van der Waals surface area contributed by atoms with Crippen molar-refractivity contribution in [1.29, 1.82) is 0 Å². The van der Waals surface area contributed by atoms with Crippen molar-refractivity contribution in [3.05, 3.63) is 35.8 Å². The molecule has 2 aromatic rings. The van der Waals surface area contributed by atoms with E-state index >= 15 is 0 Å². The van der Waals surface area contributed by atoms with Crippen LogP contribution in [0.3, 0.4) is 0 Å². The molecule has 2 heterocycles. The average molecular weight is 329 g/mol. The molecule has 0 bridgehead atoms. The summed E-state index contributed by atoms with van der Waals surface area (Å²) in [5.41, 5.74) is 2.56. The Hall–Kier alpha value is -2.41. The van der Waals surface area contributed by atoms with Gasteiger partial charge in [0.2, 0.25) is 0 Å². The highest BCUT2D eigenvalue weighted by Gasteiger charge is 2.25. The van der Waals surface area contributed by atoms with Crippen molar-refractivity contribution < 1.29 is 9.90 Å². The molecule has 0 spiro atoms. The standard InChI is InChI=1S/C17H23N5O2/c1-11-8-12(2)22(21-11)16-7-6-14(10-18-16)20-17(24)19-9-13-4-3-5-15(13)23/h6-8,10,13,15,23H,3-5,9H2,1-2H3,(H2,19,20,24)/t13-,15+/m1/s1. The zero-order chi connectivity index (χ0) is 17.1. The molecule has 0 saturated heterocycles. The zero-order valence-electron chi connectivity index (χ0n) is 14.0. The highest BCUT2D eigenvalue weighted by molar-refractivity contribution is 5.89. The molecule has 1 saturated carbocycles. The van der Waals surface area contributed by atoms with Gasteiger partial charge in [0, 0.05) is 18.2 Å². The normalized spacial score (nSPS) is 20.1. The summed E-state index contributed by atoms with van der Waals surface area (Å²) in [5.74, 6) is 0.864. The fraction of sp³-hybridized carbons (Fsp3) is 0.471. The summed E-state index contributed by atoms with van der Waals surface area (Å²) < 4.78 is 1.76. The maximum absolute atomic E-state index is 11.9. The molecule has 1 aliphatic carbocycles. The minimum atomic E-state index is -0.299. The number of hydrogen-bond acceptors (Lipinski definition) is 4. The van der Waals surface area contributed by atoms with Gasteiger partial charge in [0.05, 0.1) is 23.7 Å². The van der Waals surface area contributed by atoms with Crippen LogP contribution < -0.4 is 10.6 Å². The number of amides is 2. The molecule has 7 nitrogen and oxygen atoms in total. The first-order valence-corrected chi connectivity index (χ1v) is 8.25. The van der Waals surface area contributed by atoms with E-state index in [-0.39, 0.29) is 18.1 Å². The molecule has 0 unspecified atom stereocenters. The van der Waals surface area contributed by atoms with Crippen LogP contribution in [0.2, 0.25) is 0 Å². The summed E-state index contributed by atoms with van der Waals surface area (Å²) in [5, 5.41) is 19.7. The van der Waals surface area contributed by atoms with Crippen molar-refractivity contribution in [3.8, 4) is 5.82 Å². The lowest BCUT2D eigenvalue weighted by Crippen LogP contribution is -2.35. The van der Waals surface area contributed by atoms with Crippen LogP contribution in [0, 0.1) is 19.8 Å². The molecule has 3 N–H and O–H groups in total. The Morgan fingerprint density at radius 3 is 2.79 bits per heavy atom. The Bertz CT molecular complexity index is 710. The lowest BCUT2D eigenvalue weighted by Gasteiger charge is -2.15. The van der Waals surface area contributed by atoms with Crippen LogP contribution in [-0.2, 0) is 0 Å². The van der Waals surface area contributed by atoms with Crippen molar-refractivity contribution in [2.75, 3.05) is 11.9 Å². The lowest BCUT2D eigenvalue weighted by molar-refractivity contribution is 0.133. The molecule has 2 amide bonds. The molecule has 0 radical (unpaired) electrons. The number of aryl methyl sites for hydroxylation is 2. The number of hydrogen-bond donors (Lipinski definition) is 3. The van der Waals surface area contributed by atoms with Gasteiger partial charge in [-0.3, -0.25) is 0 Å². The minimum absolute atomic E-state index is 0.155. The molecule has 7 heteroatoms. The van der Waals surface area contributed by atoms with Gasteiger partial charge >= 0.3 is 6.03 Å². The van der Waals surface area contributed by atoms with E-state index in [1.807, 2.05) is 26.0 Å². The van der Waals surface area contributed by atoms with E-state index in [0.717, 1.165) is 30.7 Å². The number of anilines is 1. The van der Waals surface area contributed by atoms with Crippen LogP contribution in [-0.4, -0.2) is 38.6 Å². The summed E-state index contributed by atoms with van der Waals surface area (Å²) in [7, 11) is 0. The highest BCUT2D eigenvalue weighted by atomic mass is 16.3. The van der Waals surface area contributed by atoms with E-state index in [1.54, 1.807) is 16.9 Å². The van der Waals surface area contributed by atoms with Crippen LogP contribution >= 0.6 is 0 Å². The molecule has 2 aromatic heterocycles. The quantitative estimate of drug-likeness (QED) is 0.801. The maximum Gasteiger partial charge on any atom is 0.319 e. The number of pyridine rings is 1. The Morgan fingerprint density at radius 2 is 2.21 bits per heavy atom. The largest absolute Gasteiger partial charge is 0.393 e. The third-order valence-corrected chi connectivity index (χ3v) is 4.38. The van der Waals surface area contributed by atoms with Crippen LogP contribution in [0.1, 0.15) is 30.7 Å². The molecule has 1 aliphatic rings. The van der Waals surface area contributed by atoms with Crippen LogP contribution in [0.25, 0.3) is 5.82 Å². The fourth-order valence-electron chi connectivity index (χ4n) is 3.10. The summed E-state index contributed by atoms with van der Waals surface area (Å²) in [6.45, 7) is 4.40. The summed E-state index contributed by atoms with van der Waals surface area (Å²) >= 11 is 0. The van der Waals surface area contributed by atoms with Crippen LogP contribution in [0.5, 0.6) is 0 Å². The van der Waals surface area contributed by atoms with Crippen molar-refractivity contribution in [2.24, 2.45) is 5.92 Å². The number of carbonyl (C=O) groups excluding carboxylic acids is 1. The smallest absolute Gasteiger partial charge is 0.319 e. The number of nitrogens with one attached hydrogen (secondary N) is 2. The van der Waals surface area contributed by atoms with Gasteiger partial charge < -0.3 is 15.7 Å². The third-order valence-electron chi connectivity index (χ3n) is 4.38. The first-order valence-electron chi connectivity index (χ1n) is 8.25. The second kappa shape index (κ2) is 7.00. The number of urea groups is 1. The number of aliphatic hydroxyl groups is 1. The molecule has 2 atom stereocenters. The van der Waals surface area contributed by atoms with E-state index in [2.05, 4.69) is 20.7 Å². The van der Waals surface area contributed by atoms with Crippen molar-refractivity contribution >= 4 is 11.7 Å². The van der Waals surface area contributed by atoms with Crippen LogP contribution in [0.15, 0.2) is 24.4 Å². The van der Waals surface area contributed by atoms with Gasteiger partial charge in [-0.05, 0) is 44.9 Å². The second-order valence-electron chi connectivity index (χ2n) is 6.34. The van der Waals surface area contributed by atoms with Gasteiger partial charge in [0.25, 0.3) is 0 Å². The zero-order valence-corrected chi connectivity index (χ0v) is 14.0. The number of carbonyl (C=O) groups is 1. The number of rotatable bonds is 4. The number of nitrogens with zero attached hydrogens (tertiary/aromatic N) is 3. The van der Waals surface area contributed by atoms with E-state index in [1.165, 1.54) is 0 Å². The average Bonchev–Trinajstić information content (AvgIpc) is 3.11. The Balaban J connectivity index is 1.56. The molecule has 3 rings (SSSR count). The Labute approximate surface area is 141 Å². The topological polar surface area (TPSA) is 92.1 Å². The molecular formula is C17H23N5O2. The maximum atomic E-state index is 11.9. The van der Waals surface area contributed by atoms with Gasteiger partial charge in [-0.15, -0.1) is 0 Å². The summed E-state index contributed by atoms with van der Waals surface area (Å²) in [6, 6.07) is 5.31. The second-order valence-corrected chi connectivity index (χ2v) is 6.34. The molecule has 0 aliphatic heterocycles. The molecule has 0 aromatic carbocycles. The van der Waals surface area contributed by atoms with Crippen molar-refractivity contribution in [3.63, 3.8) is 0 Å². The predicted molar refractivity (Wildman–Crippen MR) is 91.2 cm³/mol. The Kier molecular flexibility index (Phi) is 4.80. The van der Waals surface area contributed by atoms with Gasteiger partial charge in [-0.25, -0.2) is 14.5 Å². The van der Waals surface area contributed by atoms with E-state index < -0.39 is 0 Å². The van der Waals surface area contributed by atoms with Gasteiger partial charge in [0.1, 0.15) is 0 Å². The first kappa shape index (κ1) is 16.4. The van der Waals surface area contributed by atoms with E-state index in [4.69, 9.17) is 0 Å². The number of aliphatic hydroxyl groups excluding tert-OH is 1. The van der Waals surface area contributed by atoms with Gasteiger partial charge in [-0.1, -0.05) is 6.42 Å². The van der Waals surface area contributed by atoms with E-state index in [0.29, 0.717) is 18.1 Å². The SMILES string of the molecule is Cc1cc(C)n(-c2ccc(NC(=O)NC[C@H]3CCC[C@@H]3O)cn2)n1. The minimum Gasteiger partial charge on any atom is -0.393 e. The molecule has 24 heavy (non-hydrogen) atoms. The molecule has 1 fully saturated rings. The molecule has 128 valence electrons. The van der Waals surface area contributed by atoms with Crippen molar-refractivity contribution in [1.82, 2.24) is 20.1 Å². The van der Waals surface area contributed by atoms with Gasteiger partial charge in [0.15, 0.2) is 5.82 Å². The lowest BCUT2D eigenvalue weighted by atomic mass is 10.1. The predicted octanol–water partition coefficient (Wildman–Crippen LogP) is 2.17.